The molecule has 0 aliphatic heterocycles. The van der Waals surface area contributed by atoms with Gasteiger partial charge in [0, 0.05) is 12.2 Å². The van der Waals surface area contributed by atoms with Gasteiger partial charge in [0.15, 0.2) is 0 Å². The Morgan fingerprint density at radius 1 is 1.16 bits per heavy atom. The zero-order chi connectivity index (χ0) is 13.8. The lowest BCUT2D eigenvalue weighted by Gasteiger charge is -2.23. The molecule has 0 atom stereocenters. The maximum atomic E-state index is 14.0. The van der Waals surface area contributed by atoms with Gasteiger partial charge in [-0.15, -0.1) is 0 Å². The highest BCUT2D eigenvalue weighted by Crippen LogP contribution is 2.28. The van der Waals surface area contributed by atoms with E-state index in [0.29, 0.717) is 17.9 Å². The molecule has 2 rings (SSSR count). The van der Waals surface area contributed by atoms with E-state index >= 15 is 0 Å². The summed E-state index contributed by atoms with van der Waals surface area (Å²) >= 11 is 0. The van der Waals surface area contributed by atoms with Gasteiger partial charge in [-0.3, -0.25) is 0 Å². The molecule has 0 saturated heterocycles. The van der Waals surface area contributed by atoms with E-state index in [4.69, 9.17) is 5.26 Å². The molecule has 0 fully saturated rings. The lowest BCUT2D eigenvalue weighted by atomic mass is 10.1. The zero-order valence-corrected chi connectivity index (χ0v) is 10.4. The molecule has 0 saturated carbocycles. The van der Waals surface area contributed by atoms with Crippen LogP contribution in [0, 0.1) is 23.0 Å². The second-order valence-electron chi connectivity index (χ2n) is 4.00. The number of anilines is 2. The van der Waals surface area contributed by atoms with Gasteiger partial charge in [0.05, 0.1) is 17.3 Å². The van der Waals surface area contributed by atoms with E-state index in [-0.39, 0.29) is 11.4 Å². The molecule has 0 bridgehead atoms. The Balaban J connectivity index is 2.46. The summed E-state index contributed by atoms with van der Waals surface area (Å²) in [4.78, 5) is 1.65. The Morgan fingerprint density at radius 2 is 1.95 bits per heavy atom. The first kappa shape index (κ1) is 13.0. The van der Waals surface area contributed by atoms with Crippen LogP contribution in [0.1, 0.15) is 12.5 Å². The van der Waals surface area contributed by atoms with Crippen molar-refractivity contribution < 1.29 is 8.78 Å². The molecule has 0 N–H and O–H groups in total. The van der Waals surface area contributed by atoms with Gasteiger partial charge in [-0.25, -0.2) is 8.78 Å². The monoisotopic (exact) mass is 258 g/mol. The first-order valence-corrected chi connectivity index (χ1v) is 5.88. The van der Waals surface area contributed by atoms with Gasteiger partial charge in [-0.05, 0) is 43.3 Å². The van der Waals surface area contributed by atoms with Crippen LogP contribution < -0.4 is 4.90 Å². The lowest BCUT2D eigenvalue weighted by molar-refractivity contribution is 0.621. The fourth-order valence-corrected chi connectivity index (χ4v) is 1.93. The van der Waals surface area contributed by atoms with Crippen molar-refractivity contribution in [1.29, 1.82) is 5.26 Å². The molecule has 0 unspecified atom stereocenters. The fourth-order valence-electron chi connectivity index (χ4n) is 1.93. The van der Waals surface area contributed by atoms with Gasteiger partial charge in [0.25, 0.3) is 0 Å². The van der Waals surface area contributed by atoms with Crippen LogP contribution in [0.2, 0.25) is 0 Å². The number of nitrogens with zero attached hydrogens (tertiary/aromatic N) is 2. The molecule has 96 valence electrons. The van der Waals surface area contributed by atoms with Gasteiger partial charge in [-0.1, -0.05) is 6.07 Å². The molecule has 2 aromatic carbocycles. The van der Waals surface area contributed by atoms with Crippen molar-refractivity contribution >= 4 is 11.4 Å². The fraction of sp³-hybridized carbons (Fsp3) is 0.133. The second-order valence-corrected chi connectivity index (χ2v) is 4.00. The minimum atomic E-state index is -0.495. The minimum Gasteiger partial charge on any atom is -0.339 e. The van der Waals surface area contributed by atoms with E-state index in [2.05, 4.69) is 0 Å². The molecular weight excluding hydrogens is 246 g/mol. The van der Waals surface area contributed by atoms with Crippen molar-refractivity contribution in [3.05, 3.63) is 59.7 Å². The Labute approximate surface area is 110 Å². The average Bonchev–Trinajstić information content (AvgIpc) is 2.41. The summed E-state index contributed by atoms with van der Waals surface area (Å²) in [6, 6.07) is 12.1. The molecule has 0 aromatic heterocycles. The number of benzene rings is 2. The highest BCUT2D eigenvalue weighted by atomic mass is 19.1. The maximum Gasteiger partial charge on any atom is 0.148 e. The van der Waals surface area contributed by atoms with Gasteiger partial charge in [0.2, 0.25) is 0 Å². The van der Waals surface area contributed by atoms with Crippen molar-refractivity contribution in [2.75, 3.05) is 11.4 Å². The number of nitriles is 1. The Morgan fingerprint density at radius 3 is 2.53 bits per heavy atom. The normalized spacial score (nSPS) is 10.0. The topological polar surface area (TPSA) is 27.0 Å². The Kier molecular flexibility index (Phi) is 3.76. The van der Waals surface area contributed by atoms with Crippen LogP contribution in [0.25, 0.3) is 0 Å². The number of rotatable bonds is 3. The third-order valence-electron chi connectivity index (χ3n) is 2.80. The summed E-state index contributed by atoms with van der Waals surface area (Å²) in [5.74, 6) is -0.866. The standard InChI is InChI=1S/C15H12F2N2/c1-2-19(13-5-3-4-12(16)9-13)15-7-6-11(10-18)8-14(15)17/h3-9H,2H2,1H3. The van der Waals surface area contributed by atoms with E-state index < -0.39 is 5.82 Å². The van der Waals surface area contributed by atoms with Gasteiger partial charge >= 0.3 is 0 Å². The van der Waals surface area contributed by atoms with E-state index in [0.717, 1.165) is 0 Å². The number of halogens is 2. The third kappa shape index (κ3) is 2.71. The van der Waals surface area contributed by atoms with Crippen LogP contribution >= 0.6 is 0 Å². The van der Waals surface area contributed by atoms with Crippen LogP contribution in [-0.2, 0) is 0 Å². The second kappa shape index (κ2) is 5.49. The van der Waals surface area contributed by atoms with E-state index in [1.54, 1.807) is 23.1 Å². The largest absolute Gasteiger partial charge is 0.339 e. The van der Waals surface area contributed by atoms with Gasteiger partial charge in [0.1, 0.15) is 11.6 Å². The van der Waals surface area contributed by atoms with Crippen LogP contribution in [0.5, 0.6) is 0 Å². The highest BCUT2D eigenvalue weighted by molar-refractivity contribution is 5.64. The van der Waals surface area contributed by atoms with E-state index in [1.807, 2.05) is 13.0 Å². The molecule has 0 spiro atoms. The summed E-state index contributed by atoms with van der Waals surface area (Å²) < 4.78 is 27.2. The number of hydrogen-bond donors (Lipinski definition) is 0. The van der Waals surface area contributed by atoms with E-state index in [9.17, 15) is 8.78 Å². The Bertz CT molecular complexity index is 632. The lowest BCUT2D eigenvalue weighted by Crippen LogP contribution is -2.17. The van der Waals surface area contributed by atoms with E-state index in [1.165, 1.54) is 24.3 Å². The van der Waals surface area contributed by atoms with Crippen molar-refractivity contribution in [1.82, 2.24) is 0 Å². The minimum absolute atomic E-state index is 0.261. The molecule has 2 aromatic rings. The molecule has 19 heavy (non-hydrogen) atoms. The summed E-state index contributed by atoms with van der Waals surface area (Å²) in [5, 5.41) is 8.72. The molecule has 0 amide bonds. The Hall–Kier alpha value is -2.41. The predicted octanol–water partition coefficient (Wildman–Crippen LogP) is 3.99. The third-order valence-corrected chi connectivity index (χ3v) is 2.80. The highest BCUT2D eigenvalue weighted by Gasteiger charge is 2.13. The van der Waals surface area contributed by atoms with Gasteiger partial charge in [-0.2, -0.15) is 5.26 Å². The van der Waals surface area contributed by atoms with Crippen molar-refractivity contribution in [3.63, 3.8) is 0 Å². The zero-order valence-electron chi connectivity index (χ0n) is 10.4. The molecule has 0 aliphatic carbocycles. The van der Waals surface area contributed by atoms with Crippen molar-refractivity contribution in [3.8, 4) is 6.07 Å². The summed E-state index contributed by atoms with van der Waals surface area (Å²) in [6.45, 7) is 2.34. The quantitative estimate of drug-likeness (QED) is 0.832. The molecule has 0 heterocycles. The molecule has 0 radical (unpaired) electrons. The number of hydrogen-bond acceptors (Lipinski definition) is 2. The van der Waals surface area contributed by atoms with Crippen LogP contribution in [0.4, 0.5) is 20.2 Å². The first-order valence-electron chi connectivity index (χ1n) is 5.88. The van der Waals surface area contributed by atoms with Gasteiger partial charge < -0.3 is 4.90 Å². The summed E-state index contributed by atoms with van der Waals surface area (Å²) in [7, 11) is 0. The maximum absolute atomic E-state index is 14.0. The summed E-state index contributed by atoms with van der Waals surface area (Å²) in [5.41, 5.74) is 1.16. The molecule has 4 heteroatoms. The smallest absolute Gasteiger partial charge is 0.148 e. The van der Waals surface area contributed by atoms with Crippen LogP contribution in [0.3, 0.4) is 0 Å². The van der Waals surface area contributed by atoms with Crippen LogP contribution in [0.15, 0.2) is 42.5 Å². The molecule has 2 nitrogen and oxygen atoms in total. The molecular formula is C15H12F2N2. The van der Waals surface area contributed by atoms with Crippen molar-refractivity contribution in [2.45, 2.75) is 6.92 Å². The SMILES string of the molecule is CCN(c1cccc(F)c1)c1ccc(C#N)cc1F. The van der Waals surface area contributed by atoms with Crippen LogP contribution in [-0.4, -0.2) is 6.54 Å². The molecule has 0 aliphatic rings. The first-order chi connectivity index (χ1) is 9.15. The van der Waals surface area contributed by atoms with Crippen molar-refractivity contribution in [2.24, 2.45) is 0 Å². The summed E-state index contributed by atoms with van der Waals surface area (Å²) in [6.07, 6.45) is 0. The predicted molar refractivity (Wildman–Crippen MR) is 70.2 cm³/mol. The average molecular weight is 258 g/mol.